The highest BCUT2D eigenvalue weighted by atomic mass is 35.5. The molecule has 3 amide bonds. The Bertz CT molecular complexity index is 1940. The van der Waals surface area contributed by atoms with Gasteiger partial charge in [-0.3, -0.25) is 10.1 Å². The van der Waals surface area contributed by atoms with Crippen LogP contribution in [0.4, 0.5) is 15.3 Å². The fraction of sp³-hybridized carbons (Fsp3) is 0.211. The molecule has 5 aromatic rings. The Morgan fingerprint density at radius 3 is 2.15 bits per heavy atom. The number of imide groups is 1. The van der Waals surface area contributed by atoms with E-state index in [1.165, 1.54) is 4.90 Å². The number of aromatic nitrogens is 1. The van der Waals surface area contributed by atoms with E-state index in [4.69, 9.17) is 25.6 Å². The maximum atomic E-state index is 13.5. The molecule has 0 saturated carbocycles. The minimum absolute atomic E-state index is 0.308. The van der Waals surface area contributed by atoms with Crippen molar-refractivity contribution in [2.75, 3.05) is 5.32 Å². The van der Waals surface area contributed by atoms with Crippen LogP contribution in [-0.2, 0) is 14.3 Å². The zero-order chi connectivity index (χ0) is 33.9. The molecule has 2 heterocycles. The summed E-state index contributed by atoms with van der Waals surface area (Å²) in [6.45, 7) is 7.10. The highest BCUT2D eigenvalue weighted by Crippen LogP contribution is 2.36. The number of carbonyl (C=O) groups excluding carboxylic acids is 3. The Hall–Kier alpha value is -5.41. The van der Waals surface area contributed by atoms with E-state index >= 15 is 0 Å². The Morgan fingerprint density at radius 1 is 0.875 bits per heavy atom. The third kappa shape index (κ3) is 6.55. The van der Waals surface area contributed by atoms with Crippen molar-refractivity contribution in [2.24, 2.45) is 0 Å². The van der Waals surface area contributed by atoms with Crippen molar-refractivity contribution < 1.29 is 28.4 Å². The molecule has 4 aromatic carbocycles. The quantitative estimate of drug-likeness (QED) is 0.176. The lowest BCUT2D eigenvalue weighted by Gasteiger charge is -2.22. The summed E-state index contributed by atoms with van der Waals surface area (Å²) in [6.07, 6.45) is -2.37. The molecule has 244 valence electrons. The van der Waals surface area contributed by atoms with Gasteiger partial charge in [0.2, 0.25) is 5.91 Å². The molecule has 1 saturated heterocycles. The summed E-state index contributed by atoms with van der Waals surface area (Å²) >= 11 is 6.26. The second-order valence-corrected chi connectivity index (χ2v) is 12.2. The topological polar surface area (TPSA) is 111 Å². The number of amides is 3. The fourth-order valence-corrected chi connectivity index (χ4v) is 6.14. The summed E-state index contributed by atoms with van der Waals surface area (Å²) in [7, 11) is 0. The van der Waals surface area contributed by atoms with E-state index < -0.39 is 36.4 Å². The van der Waals surface area contributed by atoms with Crippen LogP contribution in [-0.4, -0.2) is 34.2 Å². The fourth-order valence-electron chi connectivity index (χ4n) is 5.85. The average molecular weight is 664 g/mol. The maximum Gasteiger partial charge on any atom is 0.417 e. The van der Waals surface area contributed by atoms with Crippen molar-refractivity contribution in [1.29, 1.82) is 0 Å². The summed E-state index contributed by atoms with van der Waals surface area (Å²) in [4.78, 5) is 40.2. The molecule has 0 bridgehead atoms. The maximum absolute atomic E-state index is 13.5. The lowest BCUT2D eigenvalue weighted by Crippen LogP contribution is -2.40. The second kappa shape index (κ2) is 13.8. The number of hydrogen-bond donors (Lipinski definition) is 1. The molecule has 1 N–H and O–H groups in total. The van der Waals surface area contributed by atoms with Crippen LogP contribution < -0.4 is 5.32 Å². The van der Waals surface area contributed by atoms with Crippen LogP contribution >= 0.6 is 11.6 Å². The molecule has 1 aliphatic rings. The molecule has 1 fully saturated rings. The lowest BCUT2D eigenvalue weighted by atomic mass is 9.95. The van der Waals surface area contributed by atoms with Crippen LogP contribution in [0.2, 0.25) is 5.02 Å². The number of anilines is 1. The molecule has 9 nitrogen and oxygen atoms in total. The molecule has 48 heavy (non-hydrogen) atoms. The van der Waals surface area contributed by atoms with Gasteiger partial charge in [0.05, 0.1) is 12.0 Å². The summed E-state index contributed by atoms with van der Waals surface area (Å²) in [5.74, 6) is -0.462. The van der Waals surface area contributed by atoms with E-state index in [9.17, 15) is 14.4 Å². The Morgan fingerprint density at radius 2 is 1.48 bits per heavy atom. The summed E-state index contributed by atoms with van der Waals surface area (Å²) in [5.41, 5.74) is 5.83. The van der Waals surface area contributed by atoms with E-state index in [0.717, 1.165) is 22.3 Å². The van der Waals surface area contributed by atoms with Gasteiger partial charge in [0.1, 0.15) is 23.6 Å². The normalized spacial score (nSPS) is 17.0. The standard InChI is InChI=1S/C38H34ClN3O6/c1-22(36(43)42-24(3)34(47-38(42)45)29-10-6-5-7-11-29)26-14-16-27(17-15-26)28-18-20-30(21-19-28)35-33(23(2)41-48-35)40-37(44)46-25(4)31-12-8-9-13-32(31)39/h5-22,24-25,34H,1-4H3,(H,40,44)/t22-,24-,25?,34-/m1/s1. The largest absolute Gasteiger partial charge is 0.441 e. The van der Waals surface area contributed by atoms with Crippen LogP contribution in [0.15, 0.2) is 108 Å². The molecule has 1 aliphatic heterocycles. The molecule has 6 rings (SSSR count). The van der Waals surface area contributed by atoms with Crippen LogP contribution in [0, 0.1) is 6.92 Å². The van der Waals surface area contributed by atoms with Gasteiger partial charge < -0.3 is 14.0 Å². The average Bonchev–Trinajstić information content (AvgIpc) is 3.61. The van der Waals surface area contributed by atoms with Gasteiger partial charge in [-0.25, -0.2) is 14.5 Å². The highest BCUT2D eigenvalue weighted by Gasteiger charge is 2.44. The van der Waals surface area contributed by atoms with Crippen LogP contribution in [0.5, 0.6) is 0 Å². The van der Waals surface area contributed by atoms with Gasteiger partial charge in [-0.1, -0.05) is 114 Å². The van der Waals surface area contributed by atoms with Gasteiger partial charge in [-0.15, -0.1) is 0 Å². The number of cyclic esters (lactones) is 1. The van der Waals surface area contributed by atoms with Gasteiger partial charge in [0, 0.05) is 16.1 Å². The zero-order valence-electron chi connectivity index (χ0n) is 26.8. The van der Waals surface area contributed by atoms with E-state index in [0.29, 0.717) is 33.3 Å². The number of nitrogens with one attached hydrogen (secondary N) is 1. The summed E-state index contributed by atoms with van der Waals surface area (Å²) < 4.78 is 16.7. The molecule has 1 unspecified atom stereocenters. The number of ether oxygens (including phenoxy) is 2. The van der Waals surface area contributed by atoms with Crippen molar-refractivity contribution >= 4 is 35.4 Å². The van der Waals surface area contributed by atoms with Gasteiger partial charge in [-0.2, -0.15) is 0 Å². The number of carbonyl (C=O) groups is 3. The number of hydrogen-bond acceptors (Lipinski definition) is 7. The molecule has 0 spiro atoms. The Balaban J connectivity index is 1.12. The molecular weight excluding hydrogens is 630 g/mol. The highest BCUT2D eigenvalue weighted by molar-refractivity contribution is 6.31. The Labute approximate surface area is 283 Å². The van der Waals surface area contributed by atoms with Crippen LogP contribution in [0.25, 0.3) is 22.5 Å². The van der Waals surface area contributed by atoms with Crippen molar-refractivity contribution in [3.63, 3.8) is 0 Å². The van der Waals surface area contributed by atoms with Crippen LogP contribution in [0.3, 0.4) is 0 Å². The lowest BCUT2D eigenvalue weighted by molar-refractivity contribution is -0.130. The number of aryl methyl sites for hydroxylation is 1. The van der Waals surface area contributed by atoms with Crippen molar-refractivity contribution in [1.82, 2.24) is 10.1 Å². The van der Waals surface area contributed by atoms with Gasteiger partial charge in [0.25, 0.3) is 0 Å². The number of nitrogens with zero attached hydrogens (tertiary/aromatic N) is 2. The molecule has 0 aliphatic carbocycles. The molecule has 10 heteroatoms. The predicted molar refractivity (Wildman–Crippen MR) is 182 cm³/mol. The molecule has 0 radical (unpaired) electrons. The molecule has 4 atom stereocenters. The van der Waals surface area contributed by atoms with E-state index in [-0.39, 0.29) is 5.91 Å². The Kier molecular flexibility index (Phi) is 9.32. The number of rotatable bonds is 8. The first-order valence-electron chi connectivity index (χ1n) is 15.6. The first-order valence-corrected chi connectivity index (χ1v) is 16.0. The third-order valence-electron chi connectivity index (χ3n) is 8.61. The minimum Gasteiger partial charge on any atom is -0.441 e. The first-order chi connectivity index (χ1) is 23.1. The van der Waals surface area contributed by atoms with Crippen molar-refractivity contribution in [3.8, 4) is 22.5 Å². The van der Waals surface area contributed by atoms with Crippen LogP contribution in [0.1, 0.15) is 61.3 Å². The number of halogens is 1. The zero-order valence-corrected chi connectivity index (χ0v) is 27.6. The van der Waals surface area contributed by atoms with Crippen molar-refractivity contribution in [3.05, 3.63) is 131 Å². The van der Waals surface area contributed by atoms with Gasteiger partial charge in [-0.05, 0) is 56.0 Å². The minimum atomic E-state index is -0.661. The monoisotopic (exact) mass is 663 g/mol. The SMILES string of the molecule is Cc1noc(-c2ccc(-c3ccc([C@@H](C)C(=O)N4C(=O)O[C@@H](c5ccccc5)[C@H]4C)cc3)cc2)c1NC(=O)OC(C)c1ccccc1Cl. The number of benzene rings is 4. The predicted octanol–water partition coefficient (Wildman–Crippen LogP) is 9.49. The smallest absolute Gasteiger partial charge is 0.417 e. The first kappa shape index (κ1) is 32.5. The van der Waals surface area contributed by atoms with Crippen molar-refractivity contribution in [2.45, 2.75) is 51.9 Å². The second-order valence-electron chi connectivity index (χ2n) is 11.8. The van der Waals surface area contributed by atoms with E-state index in [1.54, 1.807) is 32.9 Å². The van der Waals surface area contributed by atoms with Gasteiger partial charge >= 0.3 is 12.2 Å². The molecular formula is C38H34ClN3O6. The van der Waals surface area contributed by atoms with E-state index in [2.05, 4.69) is 10.5 Å². The summed E-state index contributed by atoms with van der Waals surface area (Å²) in [5, 5.41) is 7.33. The van der Waals surface area contributed by atoms with Gasteiger partial charge in [0.15, 0.2) is 5.76 Å². The summed E-state index contributed by atoms with van der Waals surface area (Å²) in [6, 6.07) is 31.5. The molecule has 1 aromatic heterocycles. The van der Waals surface area contributed by atoms with E-state index in [1.807, 2.05) is 97.9 Å². The third-order valence-corrected chi connectivity index (χ3v) is 8.96.